The Hall–Kier alpha value is -1.35. The van der Waals surface area contributed by atoms with Gasteiger partial charge >= 0.3 is 0 Å². The predicted octanol–water partition coefficient (Wildman–Crippen LogP) is 1.45. The van der Waals surface area contributed by atoms with Gasteiger partial charge < -0.3 is 11.1 Å². The maximum absolute atomic E-state index is 11.5. The smallest absolute Gasteiger partial charge is 0.176 e. The Labute approximate surface area is 84.3 Å². The van der Waals surface area contributed by atoms with E-state index in [0.717, 1.165) is 13.0 Å². The van der Waals surface area contributed by atoms with E-state index in [2.05, 4.69) is 12.2 Å². The molecule has 0 heterocycles. The van der Waals surface area contributed by atoms with Crippen LogP contribution in [0.2, 0.25) is 0 Å². The van der Waals surface area contributed by atoms with Crippen molar-refractivity contribution < 1.29 is 4.79 Å². The lowest BCUT2D eigenvalue weighted by atomic mass is 10.1. The minimum atomic E-state index is 0.110. The maximum atomic E-state index is 11.5. The number of hydrogen-bond acceptors (Lipinski definition) is 3. The summed E-state index contributed by atoms with van der Waals surface area (Å²) in [5.41, 5.74) is 6.92. The molecular formula is C11H16N2O. The molecule has 0 radical (unpaired) electrons. The lowest BCUT2D eigenvalue weighted by Crippen LogP contribution is -2.23. The number of Topliss-reactive ketones (excluding diaryl/α,β-unsaturated/α-hetero) is 1. The van der Waals surface area contributed by atoms with Crippen LogP contribution in [0.25, 0.3) is 0 Å². The number of rotatable bonds is 5. The number of nitrogen functional groups attached to an aromatic ring is 1. The average Bonchev–Trinajstić information content (AvgIpc) is 2.19. The summed E-state index contributed by atoms with van der Waals surface area (Å²) < 4.78 is 0. The van der Waals surface area contributed by atoms with E-state index in [0.29, 0.717) is 17.8 Å². The summed E-state index contributed by atoms with van der Waals surface area (Å²) >= 11 is 0. The minimum Gasteiger partial charge on any atom is -0.399 e. The van der Waals surface area contributed by atoms with Gasteiger partial charge in [0.2, 0.25) is 0 Å². The number of anilines is 1. The summed E-state index contributed by atoms with van der Waals surface area (Å²) in [6.07, 6.45) is 1.04. The van der Waals surface area contributed by atoms with Gasteiger partial charge in [-0.25, -0.2) is 0 Å². The van der Waals surface area contributed by atoms with Crippen molar-refractivity contribution in [3.8, 4) is 0 Å². The molecule has 3 nitrogen and oxygen atoms in total. The lowest BCUT2D eigenvalue weighted by molar-refractivity contribution is 0.0991. The van der Waals surface area contributed by atoms with Crippen molar-refractivity contribution in [2.75, 3.05) is 18.8 Å². The quantitative estimate of drug-likeness (QED) is 0.422. The van der Waals surface area contributed by atoms with Crippen LogP contribution < -0.4 is 11.1 Å². The van der Waals surface area contributed by atoms with Gasteiger partial charge in [0.15, 0.2) is 5.78 Å². The third-order valence-corrected chi connectivity index (χ3v) is 1.94. The zero-order valence-electron chi connectivity index (χ0n) is 8.42. The minimum absolute atomic E-state index is 0.110. The number of carbonyl (C=O) groups excluding carboxylic acids is 1. The molecule has 0 spiro atoms. The van der Waals surface area contributed by atoms with E-state index < -0.39 is 0 Å². The molecule has 0 fully saturated rings. The third-order valence-electron chi connectivity index (χ3n) is 1.94. The highest BCUT2D eigenvalue weighted by Crippen LogP contribution is 2.05. The number of ketones is 1. The maximum Gasteiger partial charge on any atom is 0.176 e. The second-order valence-corrected chi connectivity index (χ2v) is 3.22. The molecule has 0 atom stereocenters. The van der Waals surface area contributed by atoms with Crippen LogP contribution >= 0.6 is 0 Å². The van der Waals surface area contributed by atoms with E-state index in [1.165, 1.54) is 0 Å². The molecule has 1 aromatic rings. The number of carbonyl (C=O) groups is 1. The van der Waals surface area contributed by atoms with Crippen LogP contribution in [-0.2, 0) is 0 Å². The van der Waals surface area contributed by atoms with Crippen molar-refractivity contribution in [1.29, 1.82) is 0 Å². The Morgan fingerprint density at radius 3 is 2.57 bits per heavy atom. The van der Waals surface area contributed by atoms with Gasteiger partial charge in [0.1, 0.15) is 0 Å². The summed E-state index contributed by atoms with van der Waals surface area (Å²) in [7, 11) is 0. The van der Waals surface area contributed by atoms with E-state index in [1.54, 1.807) is 24.3 Å². The van der Waals surface area contributed by atoms with Crippen LogP contribution in [0.5, 0.6) is 0 Å². The van der Waals surface area contributed by atoms with Crippen LogP contribution in [0.4, 0.5) is 5.69 Å². The first kappa shape index (κ1) is 10.7. The monoisotopic (exact) mass is 192 g/mol. The van der Waals surface area contributed by atoms with E-state index in [1.807, 2.05) is 0 Å². The van der Waals surface area contributed by atoms with Crippen LogP contribution in [0.3, 0.4) is 0 Å². The van der Waals surface area contributed by atoms with Crippen molar-refractivity contribution in [1.82, 2.24) is 5.32 Å². The van der Waals surface area contributed by atoms with Crippen molar-refractivity contribution in [3.63, 3.8) is 0 Å². The molecule has 1 rings (SSSR count). The molecule has 0 bridgehead atoms. The Kier molecular flexibility index (Phi) is 4.13. The largest absolute Gasteiger partial charge is 0.399 e. The fourth-order valence-electron chi connectivity index (χ4n) is 1.15. The second-order valence-electron chi connectivity index (χ2n) is 3.22. The van der Waals surface area contributed by atoms with Crippen LogP contribution in [-0.4, -0.2) is 18.9 Å². The molecule has 76 valence electrons. The zero-order chi connectivity index (χ0) is 10.4. The summed E-state index contributed by atoms with van der Waals surface area (Å²) in [5.74, 6) is 0.110. The molecule has 3 N–H and O–H groups in total. The first-order valence-corrected chi connectivity index (χ1v) is 4.83. The summed E-state index contributed by atoms with van der Waals surface area (Å²) in [5, 5.41) is 3.07. The second kappa shape index (κ2) is 5.40. The Bertz CT molecular complexity index is 293. The molecule has 0 aliphatic heterocycles. The lowest BCUT2D eigenvalue weighted by Gasteiger charge is -2.02. The van der Waals surface area contributed by atoms with Gasteiger partial charge in [-0.1, -0.05) is 6.92 Å². The molecule has 0 saturated carbocycles. The Morgan fingerprint density at radius 1 is 1.36 bits per heavy atom. The van der Waals surface area contributed by atoms with Crippen LogP contribution in [0, 0.1) is 0 Å². The van der Waals surface area contributed by atoms with Gasteiger partial charge in [-0.15, -0.1) is 0 Å². The van der Waals surface area contributed by atoms with Gasteiger partial charge in [0.25, 0.3) is 0 Å². The van der Waals surface area contributed by atoms with Crippen molar-refractivity contribution >= 4 is 11.5 Å². The fraction of sp³-hybridized carbons (Fsp3) is 0.364. The standard InChI is InChI=1S/C11H16N2O/c1-2-7-13-8-11(14)9-3-5-10(12)6-4-9/h3-6,13H,2,7-8,12H2,1H3. The molecule has 3 heteroatoms. The van der Waals surface area contributed by atoms with E-state index in [4.69, 9.17) is 5.73 Å². The topological polar surface area (TPSA) is 55.1 Å². The summed E-state index contributed by atoms with van der Waals surface area (Å²) in [6, 6.07) is 7.00. The van der Waals surface area contributed by atoms with Crippen molar-refractivity contribution in [3.05, 3.63) is 29.8 Å². The highest BCUT2D eigenvalue weighted by Gasteiger charge is 2.03. The molecule has 0 unspecified atom stereocenters. The molecule has 1 aromatic carbocycles. The Morgan fingerprint density at radius 2 is 2.00 bits per heavy atom. The molecule has 0 aliphatic rings. The predicted molar refractivity (Wildman–Crippen MR) is 58.3 cm³/mol. The van der Waals surface area contributed by atoms with Gasteiger partial charge in [0, 0.05) is 11.3 Å². The fourth-order valence-corrected chi connectivity index (χ4v) is 1.15. The number of nitrogens with one attached hydrogen (secondary N) is 1. The van der Waals surface area contributed by atoms with Crippen LogP contribution in [0.1, 0.15) is 23.7 Å². The molecule has 0 saturated heterocycles. The zero-order valence-corrected chi connectivity index (χ0v) is 8.42. The first-order valence-electron chi connectivity index (χ1n) is 4.83. The summed E-state index contributed by atoms with van der Waals surface area (Å²) in [4.78, 5) is 11.5. The number of benzene rings is 1. The van der Waals surface area contributed by atoms with Crippen molar-refractivity contribution in [2.45, 2.75) is 13.3 Å². The molecule has 14 heavy (non-hydrogen) atoms. The normalized spacial score (nSPS) is 10.1. The van der Waals surface area contributed by atoms with E-state index in [9.17, 15) is 4.79 Å². The highest BCUT2D eigenvalue weighted by molar-refractivity contribution is 5.97. The van der Waals surface area contributed by atoms with Crippen LogP contribution in [0.15, 0.2) is 24.3 Å². The van der Waals surface area contributed by atoms with Gasteiger partial charge in [-0.2, -0.15) is 0 Å². The first-order chi connectivity index (χ1) is 6.74. The molecular weight excluding hydrogens is 176 g/mol. The van der Waals surface area contributed by atoms with Gasteiger partial charge in [0.05, 0.1) is 6.54 Å². The molecule has 0 amide bonds. The Balaban J connectivity index is 2.48. The van der Waals surface area contributed by atoms with Crippen molar-refractivity contribution in [2.24, 2.45) is 0 Å². The average molecular weight is 192 g/mol. The third kappa shape index (κ3) is 3.18. The van der Waals surface area contributed by atoms with Gasteiger partial charge in [-0.05, 0) is 37.2 Å². The highest BCUT2D eigenvalue weighted by atomic mass is 16.1. The van der Waals surface area contributed by atoms with E-state index in [-0.39, 0.29) is 5.78 Å². The number of nitrogens with two attached hydrogens (primary N) is 1. The van der Waals surface area contributed by atoms with E-state index >= 15 is 0 Å². The number of hydrogen-bond donors (Lipinski definition) is 2. The van der Waals surface area contributed by atoms with Gasteiger partial charge in [-0.3, -0.25) is 4.79 Å². The summed E-state index contributed by atoms with van der Waals surface area (Å²) in [6.45, 7) is 3.35. The molecule has 0 aromatic heterocycles. The SMILES string of the molecule is CCCNCC(=O)c1ccc(N)cc1. The molecule has 0 aliphatic carbocycles.